The van der Waals surface area contributed by atoms with Crippen molar-refractivity contribution in [1.82, 2.24) is 10.3 Å². The highest BCUT2D eigenvalue weighted by atomic mass is 16.5. The Morgan fingerprint density at radius 2 is 1.81 bits per heavy atom. The number of H-pyrrole nitrogens is 1. The van der Waals surface area contributed by atoms with Gasteiger partial charge < -0.3 is 19.8 Å². The second-order valence-electron chi connectivity index (χ2n) is 7.59. The number of hydrogen-bond donors (Lipinski definition) is 2. The summed E-state index contributed by atoms with van der Waals surface area (Å²) in [5.74, 6) is -1.02. The summed E-state index contributed by atoms with van der Waals surface area (Å²) < 4.78 is 10.4. The standard InChI is InChI=1S/C20H30N2O5/c1-11(2)27-19(24)17-13(4)18(21-14(17)5)20(25)26-10-16(23)22-15-9-7-6-8-12(15)3/h11-12,15,21H,6-10H2,1-5H3,(H,22,23)/t12-,15-/m1/s1. The van der Waals surface area contributed by atoms with Crippen LogP contribution < -0.4 is 5.32 Å². The van der Waals surface area contributed by atoms with Crippen molar-refractivity contribution in [1.29, 1.82) is 0 Å². The molecule has 0 bridgehead atoms. The first-order chi connectivity index (χ1) is 12.7. The Bertz CT molecular complexity index is 707. The Kier molecular flexibility index (Phi) is 7.05. The van der Waals surface area contributed by atoms with Gasteiger partial charge in [0.05, 0.1) is 11.7 Å². The number of aryl methyl sites for hydroxylation is 1. The molecule has 150 valence electrons. The Morgan fingerprint density at radius 3 is 2.44 bits per heavy atom. The molecular formula is C20H30N2O5. The third kappa shape index (κ3) is 5.34. The van der Waals surface area contributed by atoms with Gasteiger partial charge in [-0.1, -0.05) is 19.8 Å². The maximum atomic E-state index is 12.4. The number of hydrogen-bond acceptors (Lipinski definition) is 5. The maximum absolute atomic E-state index is 12.4. The highest BCUT2D eigenvalue weighted by Crippen LogP contribution is 2.24. The zero-order valence-corrected chi connectivity index (χ0v) is 16.8. The Morgan fingerprint density at radius 1 is 1.15 bits per heavy atom. The van der Waals surface area contributed by atoms with Gasteiger partial charge in [0, 0.05) is 11.7 Å². The third-order valence-corrected chi connectivity index (χ3v) is 4.98. The smallest absolute Gasteiger partial charge is 0.355 e. The summed E-state index contributed by atoms with van der Waals surface area (Å²) in [6, 6.07) is 0.136. The predicted molar refractivity (Wildman–Crippen MR) is 101 cm³/mol. The molecule has 1 aliphatic rings. The normalized spacial score (nSPS) is 19.6. The van der Waals surface area contributed by atoms with Crippen LogP contribution in [0.25, 0.3) is 0 Å². The summed E-state index contributed by atoms with van der Waals surface area (Å²) in [7, 11) is 0. The lowest BCUT2D eigenvalue weighted by Gasteiger charge is -2.29. The van der Waals surface area contributed by atoms with E-state index in [1.54, 1.807) is 27.7 Å². The topological polar surface area (TPSA) is 97.5 Å². The molecule has 2 rings (SSSR count). The van der Waals surface area contributed by atoms with Gasteiger partial charge in [0.1, 0.15) is 5.69 Å². The van der Waals surface area contributed by atoms with Gasteiger partial charge in [0.2, 0.25) is 0 Å². The van der Waals surface area contributed by atoms with Crippen molar-refractivity contribution in [3.05, 3.63) is 22.5 Å². The van der Waals surface area contributed by atoms with E-state index in [2.05, 4.69) is 17.2 Å². The second kappa shape index (κ2) is 9.06. The minimum atomic E-state index is -0.661. The molecule has 0 saturated heterocycles. The summed E-state index contributed by atoms with van der Waals surface area (Å²) >= 11 is 0. The van der Waals surface area contributed by atoms with Gasteiger partial charge in [-0.05, 0) is 52.0 Å². The zero-order valence-electron chi connectivity index (χ0n) is 16.8. The van der Waals surface area contributed by atoms with Gasteiger partial charge in [0.25, 0.3) is 5.91 Å². The zero-order chi connectivity index (χ0) is 20.1. The molecule has 1 aliphatic carbocycles. The van der Waals surface area contributed by atoms with Crippen LogP contribution in [-0.2, 0) is 14.3 Å². The molecule has 0 aromatic carbocycles. The lowest BCUT2D eigenvalue weighted by Crippen LogP contribution is -2.42. The van der Waals surface area contributed by atoms with Gasteiger partial charge in [0.15, 0.2) is 6.61 Å². The molecule has 1 aromatic rings. The fourth-order valence-electron chi connectivity index (χ4n) is 3.52. The number of esters is 2. The van der Waals surface area contributed by atoms with E-state index < -0.39 is 11.9 Å². The molecule has 1 saturated carbocycles. The molecule has 7 nitrogen and oxygen atoms in total. The molecule has 1 heterocycles. The molecule has 1 amide bonds. The fraction of sp³-hybridized carbons (Fsp3) is 0.650. The number of nitrogens with one attached hydrogen (secondary N) is 2. The average Bonchev–Trinajstić information content (AvgIpc) is 2.89. The summed E-state index contributed by atoms with van der Waals surface area (Å²) in [4.78, 5) is 39.5. The van der Waals surface area contributed by atoms with Gasteiger partial charge in [-0.25, -0.2) is 9.59 Å². The van der Waals surface area contributed by atoms with E-state index in [1.165, 1.54) is 6.42 Å². The number of aromatic nitrogens is 1. The quantitative estimate of drug-likeness (QED) is 0.742. The van der Waals surface area contributed by atoms with Crippen LogP contribution in [0.4, 0.5) is 0 Å². The van der Waals surface area contributed by atoms with Crippen molar-refractivity contribution in [3.63, 3.8) is 0 Å². The van der Waals surface area contributed by atoms with Gasteiger partial charge in [-0.3, -0.25) is 4.79 Å². The summed E-state index contributed by atoms with van der Waals surface area (Å²) in [5.41, 5.74) is 1.49. The van der Waals surface area contributed by atoms with E-state index in [9.17, 15) is 14.4 Å². The predicted octanol–water partition coefficient (Wildman–Crippen LogP) is 3.05. The van der Waals surface area contributed by atoms with E-state index >= 15 is 0 Å². The molecule has 2 N–H and O–H groups in total. The largest absolute Gasteiger partial charge is 0.459 e. The Balaban J connectivity index is 1.96. The number of ether oxygens (including phenoxy) is 2. The van der Waals surface area contributed by atoms with E-state index in [0.29, 0.717) is 22.7 Å². The van der Waals surface area contributed by atoms with Gasteiger partial charge in [-0.2, -0.15) is 0 Å². The van der Waals surface area contributed by atoms with Crippen LogP contribution in [0.1, 0.15) is 78.6 Å². The van der Waals surface area contributed by atoms with Crippen molar-refractivity contribution in [2.24, 2.45) is 5.92 Å². The lowest BCUT2D eigenvalue weighted by molar-refractivity contribution is -0.125. The SMILES string of the molecule is Cc1[nH]c(C(=O)OCC(=O)N[C@@H]2CCCC[C@H]2C)c(C)c1C(=O)OC(C)C. The van der Waals surface area contributed by atoms with Crippen molar-refractivity contribution in [3.8, 4) is 0 Å². The van der Waals surface area contributed by atoms with Crippen LogP contribution in [0.5, 0.6) is 0 Å². The Hall–Kier alpha value is -2.31. The highest BCUT2D eigenvalue weighted by Gasteiger charge is 2.26. The van der Waals surface area contributed by atoms with Crippen LogP contribution in [-0.4, -0.2) is 41.6 Å². The van der Waals surface area contributed by atoms with Crippen LogP contribution >= 0.6 is 0 Å². The maximum Gasteiger partial charge on any atom is 0.355 e. The molecule has 7 heteroatoms. The van der Waals surface area contributed by atoms with Crippen molar-refractivity contribution in [2.45, 2.75) is 72.4 Å². The van der Waals surface area contributed by atoms with E-state index in [-0.39, 0.29) is 30.4 Å². The number of amides is 1. The first-order valence-electron chi connectivity index (χ1n) is 9.57. The number of rotatable bonds is 6. The molecule has 0 unspecified atom stereocenters. The summed E-state index contributed by atoms with van der Waals surface area (Å²) in [5, 5.41) is 2.95. The molecule has 0 spiro atoms. The minimum Gasteiger partial charge on any atom is -0.459 e. The van der Waals surface area contributed by atoms with Crippen molar-refractivity contribution in [2.75, 3.05) is 6.61 Å². The lowest BCUT2D eigenvalue weighted by atomic mass is 9.86. The molecule has 0 radical (unpaired) electrons. The number of aromatic amines is 1. The molecule has 1 fully saturated rings. The van der Waals surface area contributed by atoms with Crippen LogP contribution in [0.3, 0.4) is 0 Å². The van der Waals surface area contributed by atoms with Crippen molar-refractivity contribution >= 4 is 17.8 Å². The molecule has 2 atom stereocenters. The highest BCUT2D eigenvalue weighted by molar-refractivity contribution is 5.99. The molecule has 27 heavy (non-hydrogen) atoms. The van der Waals surface area contributed by atoms with Gasteiger partial charge in [-0.15, -0.1) is 0 Å². The minimum absolute atomic E-state index is 0.136. The first kappa shape index (κ1) is 21.0. The monoisotopic (exact) mass is 378 g/mol. The van der Waals surface area contributed by atoms with Gasteiger partial charge >= 0.3 is 11.9 Å². The third-order valence-electron chi connectivity index (χ3n) is 4.98. The molecule has 1 aromatic heterocycles. The van der Waals surface area contributed by atoms with Crippen LogP contribution in [0, 0.1) is 19.8 Å². The van der Waals surface area contributed by atoms with Crippen molar-refractivity contribution < 1.29 is 23.9 Å². The first-order valence-corrected chi connectivity index (χ1v) is 9.57. The van der Waals surface area contributed by atoms with E-state index in [0.717, 1.165) is 19.3 Å². The second-order valence-corrected chi connectivity index (χ2v) is 7.59. The van der Waals surface area contributed by atoms with Crippen LogP contribution in [0.15, 0.2) is 0 Å². The Labute approximate surface area is 160 Å². The fourth-order valence-corrected chi connectivity index (χ4v) is 3.52. The van der Waals surface area contributed by atoms with E-state index in [4.69, 9.17) is 9.47 Å². The molecular weight excluding hydrogens is 348 g/mol. The number of carbonyl (C=O) groups is 3. The molecule has 0 aliphatic heterocycles. The summed E-state index contributed by atoms with van der Waals surface area (Å²) in [6.07, 6.45) is 4.09. The van der Waals surface area contributed by atoms with Crippen LogP contribution in [0.2, 0.25) is 0 Å². The number of carbonyl (C=O) groups excluding carboxylic acids is 3. The summed E-state index contributed by atoms with van der Waals surface area (Å²) in [6.45, 7) is 8.65. The van der Waals surface area contributed by atoms with E-state index in [1.807, 2.05) is 0 Å². The average molecular weight is 378 g/mol.